The lowest BCUT2D eigenvalue weighted by atomic mass is 9.86. The minimum atomic E-state index is -0.00575. The molecule has 1 saturated carbocycles. The molecule has 1 atom stereocenters. The van der Waals surface area contributed by atoms with Gasteiger partial charge in [-0.1, -0.05) is 12.1 Å². The molecule has 8 nitrogen and oxygen atoms in total. The van der Waals surface area contributed by atoms with Crippen LogP contribution in [0.2, 0.25) is 0 Å². The highest BCUT2D eigenvalue weighted by molar-refractivity contribution is 6.00. The summed E-state index contributed by atoms with van der Waals surface area (Å²) >= 11 is 0. The summed E-state index contributed by atoms with van der Waals surface area (Å²) in [6, 6.07) is 12.2. The van der Waals surface area contributed by atoms with Gasteiger partial charge in [0.1, 0.15) is 12.0 Å². The number of carbonyl (C=O) groups excluding carboxylic acids is 1. The topological polar surface area (TPSA) is 81.5 Å². The predicted molar refractivity (Wildman–Crippen MR) is 138 cm³/mol. The first kappa shape index (κ1) is 23.2. The summed E-state index contributed by atoms with van der Waals surface area (Å²) in [6.07, 6.45) is 10.8. The van der Waals surface area contributed by atoms with Gasteiger partial charge in [0.2, 0.25) is 5.91 Å². The lowest BCUT2D eigenvalue weighted by molar-refractivity contribution is -0.124. The molecule has 8 heteroatoms. The van der Waals surface area contributed by atoms with Crippen molar-refractivity contribution in [3.05, 3.63) is 54.4 Å². The van der Waals surface area contributed by atoms with Crippen LogP contribution in [0, 0.1) is 5.92 Å². The van der Waals surface area contributed by atoms with Crippen LogP contribution in [-0.2, 0) is 20.8 Å². The number of fused-ring (bicyclic) bond motifs is 2. The number of aromatic nitrogens is 3. The first-order valence-electron chi connectivity index (χ1n) is 13.1. The van der Waals surface area contributed by atoms with Gasteiger partial charge in [-0.3, -0.25) is 4.79 Å². The van der Waals surface area contributed by atoms with Gasteiger partial charge in [-0.2, -0.15) is 5.10 Å². The molecule has 0 radical (unpaired) electrons. The van der Waals surface area contributed by atoms with Crippen molar-refractivity contribution in [2.45, 2.75) is 63.8 Å². The van der Waals surface area contributed by atoms with Crippen LogP contribution in [0.5, 0.6) is 0 Å². The first-order chi connectivity index (χ1) is 17.7. The van der Waals surface area contributed by atoms with Crippen molar-refractivity contribution in [2.24, 2.45) is 5.92 Å². The van der Waals surface area contributed by atoms with Crippen molar-refractivity contribution in [1.29, 1.82) is 0 Å². The molecule has 2 aromatic heterocycles. The molecule has 1 N–H and O–H groups in total. The number of hydrogen-bond acceptors (Lipinski definition) is 6. The van der Waals surface area contributed by atoms with E-state index >= 15 is 0 Å². The largest absolute Gasteiger partial charge is 0.381 e. The van der Waals surface area contributed by atoms with Gasteiger partial charge < -0.3 is 19.7 Å². The van der Waals surface area contributed by atoms with Crippen LogP contribution in [0.3, 0.4) is 0 Å². The third-order valence-corrected chi connectivity index (χ3v) is 7.74. The molecule has 1 aliphatic carbocycles. The van der Waals surface area contributed by atoms with Gasteiger partial charge in [0.25, 0.3) is 0 Å². The normalized spacial score (nSPS) is 23.8. The summed E-state index contributed by atoms with van der Waals surface area (Å²) in [5.41, 5.74) is 4.61. The second-order valence-electron chi connectivity index (χ2n) is 10.0. The van der Waals surface area contributed by atoms with Gasteiger partial charge >= 0.3 is 0 Å². The highest BCUT2D eigenvalue weighted by Gasteiger charge is 2.33. The molecule has 188 valence electrons. The van der Waals surface area contributed by atoms with Crippen LogP contribution in [0.15, 0.2) is 48.8 Å². The fourth-order valence-electron chi connectivity index (χ4n) is 5.63. The Morgan fingerprint density at radius 2 is 2.00 bits per heavy atom. The van der Waals surface area contributed by atoms with E-state index in [0.29, 0.717) is 6.54 Å². The number of rotatable bonds is 4. The minimum Gasteiger partial charge on any atom is -0.381 e. The van der Waals surface area contributed by atoms with Gasteiger partial charge in [-0.25, -0.2) is 9.67 Å². The third-order valence-electron chi connectivity index (χ3n) is 7.74. The van der Waals surface area contributed by atoms with E-state index in [1.165, 1.54) is 0 Å². The average molecular weight is 488 g/mol. The van der Waals surface area contributed by atoms with Crippen molar-refractivity contribution in [1.82, 2.24) is 14.8 Å². The molecule has 1 saturated heterocycles. The second kappa shape index (κ2) is 10.0. The van der Waals surface area contributed by atoms with Crippen molar-refractivity contribution < 1.29 is 14.3 Å². The number of nitrogens with one attached hydrogen (secondary N) is 1. The van der Waals surface area contributed by atoms with Gasteiger partial charge in [-0.05, 0) is 69.2 Å². The van der Waals surface area contributed by atoms with Crippen LogP contribution in [0.1, 0.15) is 56.7 Å². The number of pyridine rings is 1. The Hall–Kier alpha value is -3.23. The molecule has 1 aromatic carbocycles. The number of anilines is 3. The molecular weight excluding hydrogens is 454 g/mol. The number of amides is 1. The maximum Gasteiger partial charge on any atom is 0.230 e. The number of ether oxygens (including phenoxy) is 2. The first-order valence-corrected chi connectivity index (χ1v) is 13.1. The summed E-state index contributed by atoms with van der Waals surface area (Å²) in [7, 11) is 1.76. The van der Waals surface area contributed by atoms with Crippen molar-refractivity contribution in [3.63, 3.8) is 0 Å². The monoisotopic (exact) mass is 487 g/mol. The highest BCUT2D eigenvalue weighted by Crippen LogP contribution is 2.40. The molecule has 6 rings (SSSR count). The number of benzene rings is 1. The zero-order valence-electron chi connectivity index (χ0n) is 20.7. The molecular formula is C28H33N5O3. The quantitative estimate of drug-likeness (QED) is 0.528. The van der Waals surface area contributed by atoms with Gasteiger partial charge in [0, 0.05) is 43.2 Å². The number of carbonyl (C=O) groups is 1. The van der Waals surface area contributed by atoms with Gasteiger partial charge in [0.15, 0.2) is 0 Å². The zero-order chi connectivity index (χ0) is 24.5. The van der Waals surface area contributed by atoms with E-state index < -0.39 is 0 Å². The van der Waals surface area contributed by atoms with Crippen LogP contribution in [0.4, 0.5) is 17.2 Å². The Balaban J connectivity index is 1.33. The summed E-state index contributed by atoms with van der Waals surface area (Å²) in [5.74, 6) is 0.958. The Morgan fingerprint density at radius 3 is 2.81 bits per heavy atom. The third kappa shape index (κ3) is 4.51. The molecule has 1 amide bonds. The molecule has 2 aliphatic heterocycles. The maximum absolute atomic E-state index is 13.9. The lowest BCUT2D eigenvalue weighted by Crippen LogP contribution is -2.38. The maximum atomic E-state index is 13.9. The molecule has 2 fully saturated rings. The van der Waals surface area contributed by atoms with E-state index in [9.17, 15) is 4.79 Å². The molecule has 3 aromatic rings. The minimum absolute atomic E-state index is 0.00382. The molecule has 0 bridgehead atoms. The zero-order valence-corrected chi connectivity index (χ0v) is 20.7. The summed E-state index contributed by atoms with van der Waals surface area (Å²) in [5, 5.41) is 8.31. The molecule has 3 aliphatic rings. The Kier molecular flexibility index (Phi) is 6.46. The van der Waals surface area contributed by atoms with Gasteiger partial charge in [0.05, 0.1) is 29.7 Å². The van der Waals surface area contributed by atoms with Crippen LogP contribution < -0.4 is 10.2 Å². The number of nitrogens with zero attached hydrogens (tertiary/aromatic N) is 4. The fourth-order valence-corrected chi connectivity index (χ4v) is 5.63. The van der Waals surface area contributed by atoms with Crippen molar-refractivity contribution >= 4 is 23.1 Å². The lowest BCUT2D eigenvalue weighted by Gasteiger charge is -2.32. The van der Waals surface area contributed by atoms with E-state index in [2.05, 4.69) is 22.4 Å². The summed E-state index contributed by atoms with van der Waals surface area (Å²) < 4.78 is 13.4. The predicted octanol–water partition coefficient (Wildman–Crippen LogP) is 5.44. The Morgan fingerprint density at radius 1 is 1.11 bits per heavy atom. The Bertz CT molecular complexity index is 1230. The molecule has 4 heterocycles. The SMILES string of the molecule is CO[C@H]1CC[C@H](C(=O)N2Cc3cccnc3Nc3ccc(-c4ccn(C5CCCCO5)n4)cc32)CC1. The molecule has 0 spiro atoms. The fraction of sp³-hybridized carbons (Fsp3) is 0.464. The van der Waals surface area contributed by atoms with E-state index in [1.54, 1.807) is 13.3 Å². The molecule has 36 heavy (non-hydrogen) atoms. The standard InChI is InChI=1S/C28H33N5O3/c1-35-22-10-7-19(8-11-22)28(34)32-18-21-5-4-14-29-27(21)30-24-12-9-20(17-25(24)32)23-13-15-33(31-23)26-6-2-3-16-36-26/h4-5,9,12-15,17,19,22,26H,2-3,6-8,10-11,16,18H2,1H3,(H,29,30)/t19-,22-,26?. The van der Waals surface area contributed by atoms with Gasteiger partial charge in [-0.15, -0.1) is 0 Å². The van der Waals surface area contributed by atoms with Crippen LogP contribution >= 0.6 is 0 Å². The average Bonchev–Trinajstić information content (AvgIpc) is 3.37. The number of methoxy groups -OCH3 is 1. The van der Waals surface area contributed by atoms with E-state index in [-0.39, 0.29) is 24.2 Å². The van der Waals surface area contributed by atoms with Crippen molar-refractivity contribution in [2.75, 3.05) is 23.9 Å². The smallest absolute Gasteiger partial charge is 0.230 e. The van der Waals surface area contributed by atoms with E-state index in [4.69, 9.17) is 14.6 Å². The second-order valence-corrected chi connectivity index (χ2v) is 10.0. The van der Waals surface area contributed by atoms with E-state index in [0.717, 1.165) is 85.6 Å². The molecule has 1 unspecified atom stereocenters. The van der Waals surface area contributed by atoms with E-state index in [1.807, 2.05) is 40.0 Å². The highest BCUT2D eigenvalue weighted by atomic mass is 16.5. The summed E-state index contributed by atoms with van der Waals surface area (Å²) in [4.78, 5) is 20.4. The number of hydrogen-bond donors (Lipinski definition) is 1. The van der Waals surface area contributed by atoms with Crippen molar-refractivity contribution in [3.8, 4) is 11.3 Å². The summed E-state index contributed by atoms with van der Waals surface area (Å²) in [6.45, 7) is 1.27. The Labute approximate surface area is 211 Å². The van der Waals surface area contributed by atoms with Crippen LogP contribution in [-0.4, -0.2) is 40.5 Å². The van der Waals surface area contributed by atoms with Crippen LogP contribution in [0.25, 0.3) is 11.3 Å².